The zero-order valence-electron chi connectivity index (χ0n) is 15.2. The molecule has 0 radical (unpaired) electrons. The van der Waals surface area contributed by atoms with Crippen molar-refractivity contribution in [3.8, 4) is 17.3 Å². The normalized spacial score (nSPS) is 15.3. The molecule has 0 aromatic carbocycles. The van der Waals surface area contributed by atoms with Gasteiger partial charge in [0, 0.05) is 36.9 Å². The summed E-state index contributed by atoms with van der Waals surface area (Å²) in [6.45, 7) is 4.76. The number of anilines is 1. The summed E-state index contributed by atoms with van der Waals surface area (Å²) in [4.78, 5) is 14.8. The van der Waals surface area contributed by atoms with Crippen LogP contribution in [0, 0.1) is 0 Å². The van der Waals surface area contributed by atoms with Crippen LogP contribution in [0.4, 0.5) is 5.82 Å². The van der Waals surface area contributed by atoms with E-state index in [0.717, 1.165) is 10.9 Å². The summed E-state index contributed by atoms with van der Waals surface area (Å²) >= 11 is 0. The molecule has 0 saturated carbocycles. The van der Waals surface area contributed by atoms with E-state index in [1.54, 1.807) is 6.20 Å². The largest absolute Gasteiger partial charge is 0.475 e. The van der Waals surface area contributed by atoms with Crippen molar-refractivity contribution in [3.05, 3.63) is 24.7 Å². The molecule has 1 saturated heterocycles. The number of hydrogen-bond donors (Lipinski definition) is 1. The molecule has 0 aliphatic carbocycles. The second-order valence-corrected chi connectivity index (χ2v) is 9.25. The maximum Gasteiger partial charge on any atom is 0.214 e. The number of rotatable bonds is 5. The van der Waals surface area contributed by atoms with Crippen LogP contribution in [0.3, 0.4) is 0 Å². The van der Waals surface area contributed by atoms with Crippen molar-refractivity contribution in [1.82, 2.24) is 25.1 Å². The van der Waals surface area contributed by atoms with E-state index in [1.807, 2.05) is 30.9 Å². The predicted molar refractivity (Wildman–Crippen MR) is 102 cm³/mol. The maximum atomic E-state index is 11.6. The van der Waals surface area contributed by atoms with Crippen molar-refractivity contribution in [1.29, 1.82) is 0 Å². The van der Waals surface area contributed by atoms with Crippen molar-refractivity contribution >= 4 is 26.6 Å². The number of sulfone groups is 1. The first-order valence-corrected chi connectivity index (χ1v) is 10.5. The van der Waals surface area contributed by atoms with Crippen LogP contribution in [-0.4, -0.2) is 64.3 Å². The summed E-state index contributed by atoms with van der Waals surface area (Å²) in [5.74, 6) is 1.21. The zero-order chi connectivity index (χ0) is 19.2. The van der Waals surface area contributed by atoms with Crippen molar-refractivity contribution < 1.29 is 13.2 Å². The van der Waals surface area contributed by atoms with Crippen LogP contribution in [0.2, 0.25) is 0 Å². The first-order chi connectivity index (χ1) is 12.8. The highest BCUT2D eigenvalue weighted by Crippen LogP contribution is 2.30. The molecule has 142 valence electrons. The molecule has 0 atom stereocenters. The van der Waals surface area contributed by atoms with E-state index >= 15 is 0 Å². The highest BCUT2D eigenvalue weighted by atomic mass is 32.2. The van der Waals surface area contributed by atoms with Gasteiger partial charge < -0.3 is 9.64 Å². The maximum absolute atomic E-state index is 11.6. The van der Waals surface area contributed by atoms with E-state index in [4.69, 9.17) is 4.74 Å². The second-order valence-electron chi connectivity index (χ2n) is 6.92. The minimum absolute atomic E-state index is 0.0187. The lowest BCUT2D eigenvalue weighted by Gasteiger charge is -2.38. The number of aromatic nitrogens is 5. The summed E-state index contributed by atoms with van der Waals surface area (Å²) in [5, 5.41) is 7.81. The third-order valence-electron chi connectivity index (χ3n) is 4.45. The number of pyridine rings is 1. The Balaban J connectivity index is 1.64. The zero-order valence-corrected chi connectivity index (χ0v) is 16.1. The molecule has 1 aliphatic rings. The first kappa shape index (κ1) is 17.7. The van der Waals surface area contributed by atoms with Crippen LogP contribution in [0.1, 0.15) is 13.8 Å². The molecule has 0 bridgehead atoms. The van der Waals surface area contributed by atoms with Crippen LogP contribution >= 0.6 is 0 Å². The number of nitrogens with one attached hydrogen (secondary N) is 1. The molecule has 9 nitrogen and oxygen atoms in total. The number of fused-ring (bicyclic) bond motifs is 1. The van der Waals surface area contributed by atoms with Crippen molar-refractivity contribution in [2.75, 3.05) is 24.2 Å². The van der Waals surface area contributed by atoms with Crippen LogP contribution in [-0.2, 0) is 9.84 Å². The Hall–Kier alpha value is -2.75. The predicted octanol–water partition coefficient (Wildman–Crippen LogP) is 1.44. The summed E-state index contributed by atoms with van der Waals surface area (Å²) in [6.07, 6.45) is 4.43. The first-order valence-electron chi connectivity index (χ1n) is 8.58. The molecule has 0 amide bonds. The number of nitrogens with zero attached hydrogens (tertiary/aromatic N) is 5. The van der Waals surface area contributed by atoms with Crippen molar-refractivity contribution in [2.24, 2.45) is 0 Å². The van der Waals surface area contributed by atoms with E-state index in [1.165, 1.54) is 12.6 Å². The Morgan fingerprint density at radius 3 is 2.70 bits per heavy atom. The second kappa shape index (κ2) is 6.45. The average Bonchev–Trinajstić information content (AvgIpc) is 2.95. The Morgan fingerprint density at radius 1 is 1.22 bits per heavy atom. The van der Waals surface area contributed by atoms with Gasteiger partial charge in [0.25, 0.3) is 0 Å². The fourth-order valence-electron chi connectivity index (χ4n) is 2.94. The van der Waals surface area contributed by atoms with Gasteiger partial charge in [-0.2, -0.15) is 5.10 Å². The average molecular weight is 388 g/mol. The Morgan fingerprint density at radius 2 is 2.00 bits per heavy atom. The highest BCUT2D eigenvalue weighted by Gasteiger charge is 2.35. The summed E-state index contributed by atoms with van der Waals surface area (Å²) in [5.41, 5.74) is 2.10. The molecule has 0 unspecified atom stereocenters. The minimum atomic E-state index is -3.03. The van der Waals surface area contributed by atoms with Gasteiger partial charge in [-0.25, -0.2) is 23.4 Å². The van der Waals surface area contributed by atoms with Gasteiger partial charge in [-0.3, -0.25) is 5.10 Å². The lowest BCUT2D eigenvalue weighted by atomic mass is 10.1. The summed E-state index contributed by atoms with van der Waals surface area (Å²) in [6, 6.07) is 3.65. The van der Waals surface area contributed by atoms with E-state index < -0.39 is 9.84 Å². The molecule has 1 N–H and O–H groups in total. The molecular formula is C17H20N6O3S. The van der Waals surface area contributed by atoms with Gasteiger partial charge in [0.2, 0.25) is 5.88 Å². The fraction of sp³-hybridized carbons (Fsp3) is 0.412. The van der Waals surface area contributed by atoms with Crippen molar-refractivity contribution in [3.63, 3.8) is 0 Å². The van der Waals surface area contributed by atoms with E-state index in [2.05, 4.69) is 25.1 Å². The third kappa shape index (κ3) is 3.44. The SMILES string of the molecule is CC(C)Oc1cc2c(-c3cc(N4CC(S(C)(=O)=O)C4)ncn3)n[nH]c2cn1. The fourth-order valence-corrected chi connectivity index (χ4v) is 3.85. The summed E-state index contributed by atoms with van der Waals surface area (Å²) < 4.78 is 28.9. The van der Waals surface area contributed by atoms with Gasteiger partial charge in [0.1, 0.15) is 17.8 Å². The Labute approximate surface area is 156 Å². The molecule has 4 heterocycles. The van der Waals surface area contributed by atoms with Gasteiger partial charge in [0.15, 0.2) is 9.84 Å². The highest BCUT2D eigenvalue weighted by molar-refractivity contribution is 7.91. The van der Waals surface area contributed by atoms with E-state index in [0.29, 0.717) is 36.2 Å². The van der Waals surface area contributed by atoms with Crippen LogP contribution in [0.5, 0.6) is 5.88 Å². The number of H-pyrrole nitrogens is 1. The van der Waals surface area contributed by atoms with Gasteiger partial charge in [-0.05, 0) is 13.8 Å². The third-order valence-corrected chi connectivity index (χ3v) is 5.96. The molecule has 10 heteroatoms. The van der Waals surface area contributed by atoms with Crippen LogP contribution in [0.25, 0.3) is 22.3 Å². The number of hydrogen-bond acceptors (Lipinski definition) is 8. The molecule has 1 aliphatic heterocycles. The lowest BCUT2D eigenvalue weighted by molar-refractivity contribution is 0.233. The van der Waals surface area contributed by atoms with Crippen molar-refractivity contribution in [2.45, 2.75) is 25.2 Å². The summed E-state index contributed by atoms with van der Waals surface area (Å²) in [7, 11) is -3.03. The van der Waals surface area contributed by atoms with Gasteiger partial charge >= 0.3 is 0 Å². The van der Waals surface area contributed by atoms with Gasteiger partial charge in [-0.15, -0.1) is 0 Å². The van der Waals surface area contributed by atoms with Gasteiger partial charge in [0.05, 0.1) is 28.8 Å². The molecule has 1 fully saturated rings. The van der Waals surface area contributed by atoms with Gasteiger partial charge in [-0.1, -0.05) is 0 Å². The lowest BCUT2D eigenvalue weighted by Crippen LogP contribution is -2.54. The van der Waals surface area contributed by atoms with E-state index in [9.17, 15) is 8.42 Å². The van der Waals surface area contributed by atoms with Crippen LogP contribution in [0.15, 0.2) is 24.7 Å². The Bertz CT molecular complexity index is 1090. The molecule has 0 spiro atoms. The topological polar surface area (TPSA) is 114 Å². The van der Waals surface area contributed by atoms with Crippen LogP contribution < -0.4 is 9.64 Å². The monoisotopic (exact) mass is 388 g/mol. The minimum Gasteiger partial charge on any atom is -0.475 e. The smallest absolute Gasteiger partial charge is 0.214 e. The molecule has 4 rings (SSSR count). The molecule has 3 aromatic heterocycles. The number of ether oxygens (including phenoxy) is 1. The standard InChI is InChI=1S/C17H20N6O3S/c1-10(2)26-16-4-12-14(6-18-16)21-22-17(12)13-5-15(20-9-19-13)23-7-11(8-23)27(3,24)25/h4-6,9-11H,7-8H2,1-3H3,(H,21,22). The van der Waals surface area contributed by atoms with E-state index in [-0.39, 0.29) is 11.4 Å². The quantitative estimate of drug-likeness (QED) is 0.698. The molecular weight excluding hydrogens is 368 g/mol. The molecule has 3 aromatic rings. The molecule has 27 heavy (non-hydrogen) atoms. The number of aromatic amines is 1. The Kier molecular flexibility index (Phi) is 4.22.